The van der Waals surface area contributed by atoms with Crippen molar-refractivity contribution in [1.29, 1.82) is 0 Å². The van der Waals surface area contributed by atoms with Gasteiger partial charge in [0.15, 0.2) is 11.6 Å². The Balaban J connectivity index is 1.31. The first-order valence-electron chi connectivity index (χ1n) is 9.87. The summed E-state index contributed by atoms with van der Waals surface area (Å²) in [5.74, 6) is -1.17. The molecule has 1 aromatic carbocycles. The Morgan fingerprint density at radius 3 is 2.72 bits per heavy atom. The summed E-state index contributed by atoms with van der Waals surface area (Å²) in [6.45, 7) is 5.73. The third-order valence-electron chi connectivity index (χ3n) is 6.00. The number of nitrogens with zero attached hydrogens (tertiary/aromatic N) is 4. The standard InChI is InChI=1S/C22H22F2N4O/c1-15-10-16(6-8-25-15)28-13-22(14-28)7-3-9-27(12-22)20-11-19(26-29-20)17-4-2-5-18(23)21(17)24/h2,4-6,8,10-11H,3,7,9,12-14H2,1H3. The number of aryl methyl sites for hydroxylation is 1. The Bertz CT molecular complexity index is 1040. The first-order chi connectivity index (χ1) is 14.0. The molecule has 2 fully saturated rings. The molecule has 0 N–H and O–H groups in total. The van der Waals surface area contributed by atoms with E-state index in [4.69, 9.17) is 4.52 Å². The molecule has 2 aliphatic heterocycles. The number of benzene rings is 1. The molecule has 2 aromatic heterocycles. The average molecular weight is 396 g/mol. The maximum atomic E-state index is 14.1. The van der Waals surface area contributed by atoms with Crippen LogP contribution in [0.2, 0.25) is 0 Å². The highest BCUT2D eigenvalue weighted by Gasteiger charge is 2.46. The molecule has 0 saturated carbocycles. The lowest BCUT2D eigenvalue weighted by Crippen LogP contribution is -2.63. The van der Waals surface area contributed by atoms with E-state index in [-0.39, 0.29) is 11.0 Å². The van der Waals surface area contributed by atoms with Crippen LogP contribution in [0.5, 0.6) is 0 Å². The number of piperidine rings is 1. The van der Waals surface area contributed by atoms with E-state index < -0.39 is 11.6 Å². The van der Waals surface area contributed by atoms with Gasteiger partial charge in [-0.25, -0.2) is 8.78 Å². The third kappa shape index (κ3) is 3.24. The number of pyridine rings is 1. The quantitative estimate of drug-likeness (QED) is 0.655. The molecule has 1 spiro atoms. The number of hydrogen-bond donors (Lipinski definition) is 0. The Morgan fingerprint density at radius 2 is 1.90 bits per heavy atom. The minimum atomic E-state index is -0.898. The highest BCUT2D eigenvalue weighted by atomic mass is 19.2. The van der Waals surface area contributed by atoms with Gasteiger partial charge in [0.2, 0.25) is 5.88 Å². The molecular weight excluding hydrogens is 374 g/mol. The van der Waals surface area contributed by atoms with Crippen molar-refractivity contribution < 1.29 is 13.3 Å². The predicted octanol–water partition coefficient (Wildman–Crippen LogP) is 4.43. The molecule has 3 aromatic rings. The van der Waals surface area contributed by atoms with E-state index in [1.165, 1.54) is 24.2 Å². The third-order valence-corrected chi connectivity index (χ3v) is 6.00. The Kier molecular flexibility index (Phi) is 4.26. The van der Waals surface area contributed by atoms with E-state index in [9.17, 15) is 8.78 Å². The highest BCUT2D eigenvalue weighted by Crippen LogP contribution is 2.42. The van der Waals surface area contributed by atoms with Crippen molar-refractivity contribution in [3.63, 3.8) is 0 Å². The molecule has 150 valence electrons. The summed E-state index contributed by atoms with van der Waals surface area (Å²) in [4.78, 5) is 8.82. The molecule has 2 saturated heterocycles. The van der Waals surface area contributed by atoms with Crippen LogP contribution in [-0.4, -0.2) is 36.3 Å². The minimum absolute atomic E-state index is 0.120. The molecule has 7 heteroatoms. The van der Waals surface area contributed by atoms with Crippen LogP contribution in [-0.2, 0) is 0 Å². The fraction of sp³-hybridized carbons (Fsp3) is 0.364. The lowest BCUT2D eigenvalue weighted by molar-refractivity contribution is 0.170. The molecular formula is C22H22F2N4O. The number of hydrogen-bond acceptors (Lipinski definition) is 5. The van der Waals surface area contributed by atoms with Gasteiger partial charge < -0.3 is 14.3 Å². The van der Waals surface area contributed by atoms with Gasteiger partial charge in [0.25, 0.3) is 0 Å². The summed E-state index contributed by atoms with van der Waals surface area (Å²) in [7, 11) is 0. The van der Waals surface area contributed by atoms with Crippen molar-refractivity contribution in [2.75, 3.05) is 36.0 Å². The number of aromatic nitrogens is 2. The summed E-state index contributed by atoms with van der Waals surface area (Å²) in [6, 6.07) is 9.96. The lowest BCUT2D eigenvalue weighted by Gasteiger charge is -2.55. The second-order valence-corrected chi connectivity index (χ2v) is 8.19. The normalized spacial score (nSPS) is 18.2. The van der Waals surface area contributed by atoms with Gasteiger partial charge in [0.1, 0.15) is 5.69 Å². The van der Waals surface area contributed by atoms with Crippen molar-refractivity contribution >= 4 is 11.6 Å². The van der Waals surface area contributed by atoms with E-state index in [1.54, 1.807) is 6.07 Å². The summed E-state index contributed by atoms with van der Waals surface area (Å²) >= 11 is 0. The molecule has 0 atom stereocenters. The van der Waals surface area contributed by atoms with E-state index in [2.05, 4.69) is 32.1 Å². The number of anilines is 2. The largest absolute Gasteiger partial charge is 0.370 e. The first kappa shape index (κ1) is 18.1. The molecule has 29 heavy (non-hydrogen) atoms. The van der Waals surface area contributed by atoms with Crippen molar-refractivity contribution in [3.05, 3.63) is 59.9 Å². The second kappa shape index (κ2) is 6.83. The number of halogens is 2. The smallest absolute Gasteiger partial charge is 0.227 e. The van der Waals surface area contributed by atoms with E-state index >= 15 is 0 Å². The zero-order valence-corrected chi connectivity index (χ0v) is 16.2. The van der Waals surface area contributed by atoms with Crippen molar-refractivity contribution in [3.8, 4) is 11.3 Å². The molecule has 0 aliphatic carbocycles. The summed E-state index contributed by atoms with van der Waals surface area (Å²) in [5.41, 5.74) is 2.89. The van der Waals surface area contributed by atoms with Crippen LogP contribution in [0.15, 0.2) is 47.1 Å². The lowest BCUT2D eigenvalue weighted by atomic mass is 9.73. The van der Waals surface area contributed by atoms with Crippen LogP contribution in [0.1, 0.15) is 18.5 Å². The van der Waals surface area contributed by atoms with Gasteiger partial charge in [-0.15, -0.1) is 0 Å². The van der Waals surface area contributed by atoms with Crippen LogP contribution in [0.3, 0.4) is 0 Å². The van der Waals surface area contributed by atoms with Gasteiger partial charge in [-0.1, -0.05) is 11.2 Å². The Morgan fingerprint density at radius 1 is 1.07 bits per heavy atom. The van der Waals surface area contributed by atoms with Gasteiger partial charge in [-0.05, 0) is 44.0 Å². The second-order valence-electron chi connectivity index (χ2n) is 8.19. The summed E-state index contributed by atoms with van der Waals surface area (Å²) in [5, 5.41) is 3.99. The van der Waals surface area contributed by atoms with Crippen molar-refractivity contribution in [2.24, 2.45) is 5.41 Å². The molecule has 4 heterocycles. The van der Waals surface area contributed by atoms with Crippen LogP contribution >= 0.6 is 0 Å². The first-order valence-corrected chi connectivity index (χ1v) is 9.87. The van der Waals surface area contributed by atoms with Gasteiger partial charge >= 0.3 is 0 Å². The minimum Gasteiger partial charge on any atom is -0.370 e. The summed E-state index contributed by atoms with van der Waals surface area (Å²) in [6.07, 6.45) is 4.08. The SMILES string of the molecule is Cc1cc(N2CC3(CCCN(c4cc(-c5cccc(F)c5F)no4)C3)C2)ccn1. The average Bonchev–Trinajstić information content (AvgIpc) is 3.18. The van der Waals surface area contributed by atoms with Crippen LogP contribution in [0, 0.1) is 24.0 Å². The molecule has 2 aliphatic rings. The van der Waals surface area contributed by atoms with Crippen LogP contribution < -0.4 is 9.80 Å². The zero-order valence-electron chi connectivity index (χ0n) is 16.2. The van der Waals surface area contributed by atoms with Gasteiger partial charge in [-0.3, -0.25) is 4.98 Å². The fourth-order valence-electron chi connectivity index (χ4n) is 4.57. The summed E-state index contributed by atoms with van der Waals surface area (Å²) < 4.78 is 33.1. The predicted molar refractivity (Wildman–Crippen MR) is 107 cm³/mol. The molecule has 0 unspecified atom stereocenters. The van der Waals surface area contributed by atoms with Crippen LogP contribution in [0.25, 0.3) is 11.3 Å². The fourth-order valence-corrected chi connectivity index (χ4v) is 4.57. The van der Waals surface area contributed by atoms with Gasteiger partial charge in [0.05, 0.1) is 0 Å². The molecule has 0 radical (unpaired) electrons. The van der Waals surface area contributed by atoms with Gasteiger partial charge in [-0.2, -0.15) is 0 Å². The van der Waals surface area contributed by atoms with E-state index in [1.807, 2.05) is 13.1 Å². The van der Waals surface area contributed by atoms with E-state index in [0.29, 0.717) is 11.6 Å². The number of rotatable bonds is 3. The highest BCUT2D eigenvalue weighted by molar-refractivity contribution is 5.63. The van der Waals surface area contributed by atoms with Crippen molar-refractivity contribution in [2.45, 2.75) is 19.8 Å². The molecule has 0 amide bonds. The maximum Gasteiger partial charge on any atom is 0.227 e. The van der Waals surface area contributed by atoms with Crippen molar-refractivity contribution in [1.82, 2.24) is 10.1 Å². The molecule has 5 rings (SSSR count). The van der Waals surface area contributed by atoms with E-state index in [0.717, 1.165) is 44.4 Å². The zero-order chi connectivity index (χ0) is 20.0. The Hall–Kier alpha value is -2.96. The monoisotopic (exact) mass is 396 g/mol. The maximum absolute atomic E-state index is 14.1. The Labute approximate surface area is 167 Å². The van der Waals surface area contributed by atoms with Gasteiger partial charge in [0, 0.05) is 60.8 Å². The topological polar surface area (TPSA) is 45.4 Å². The molecule has 0 bridgehead atoms. The molecule has 5 nitrogen and oxygen atoms in total. The van der Waals surface area contributed by atoms with Crippen LogP contribution in [0.4, 0.5) is 20.4 Å².